The van der Waals surface area contributed by atoms with Gasteiger partial charge >= 0.3 is 6.03 Å². The Bertz CT molecular complexity index is 1180. The highest BCUT2D eigenvalue weighted by Crippen LogP contribution is 2.29. The molecule has 0 fully saturated rings. The van der Waals surface area contributed by atoms with Crippen LogP contribution in [0.25, 0.3) is 11.5 Å². The fourth-order valence-corrected chi connectivity index (χ4v) is 3.18. The molecule has 4 rings (SSSR count). The average molecular weight is 430 g/mol. The standard InChI is InChI=1S/C24H22N4O4/c1-30-18-13-14-20(31-2)19(15-18)25-24(29)26-21(16-9-5-3-6-10-16)23-28-27-22(32-23)17-11-7-4-8-12-17/h3-15,21H,1-2H3,(H2,25,26,29)/t21-/m1/s1. The Kier molecular flexibility index (Phi) is 6.31. The first-order chi connectivity index (χ1) is 15.7. The Labute approximate surface area is 185 Å². The van der Waals surface area contributed by atoms with E-state index in [9.17, 15) is 4.79 Å². The third kappa shape index (κ3) is 4.70. The van der Waals surface area contributed by atoms with Crippen molar-refractivity contribution in [3.63, 3.8) is 0 Å². The molecule has 4 aromatic rings. The van der Waals surface area contributed by atoms with Gasteiger partial charge in [-0.05, 0) is 29.8 Å². The fourth-order valence-electron chi connectivity index (χ4n) is 3.18. The van der Waals surface area contributed by atoms with E-state index in [1.807, 2.05) is 60.7 Å². The van der Waals surface area contributed by atoms with Gasteiger partial charge < -0.3 is 24.5 Å². The van der Waals surface area contributed by atoms with Crippen LogP contribution in [0.2, 0.25) is 0 Å². The highest BCUT2D eigenvalue weighted by Gasteiger charge is 2.24. The normalized spacial score (nSPS) is 11.4. The lowest BCUT2D eigenvalue weighted by atomic mass is 10.1. The van der Waals surface area contributed by atoms with Gasteiger partial charge in [0.25, 0.3) is 0 Å². The molecule has 1 heterocycles. The summed E-state index contributed by atoms with van der Waals surface area (Å²) in [5.41, 5.74) is 2.05. The average Bonchev–Trinajstić information content (AvgIpc) is 3.33. The molecule has 32 heavy (non-hydrogen) atoms. The highest BCUT2D eigenvalue weighted by molar-refractivity contribution is 5.91. The molecule has 2 amide bonds. The third-order valence-corrected chi connectivity index (χ3v) is 4.77. The number of hydrogen-bond donors (Lipinski definition) is 2. The quantitative estimate of drug-likeness (QED) is 0.442. The van der Waals surface area contributed by atoms with Crippen LogP contribution in [-0.2, 0) is 0 Å². The molecule has 8 nitrogen and oxygen atoms in total. The molecule has 0 aliphatic rings. The van der Waals surface area contributed by atoms with E-state index in [4.69, 9.17) is 13.9 Å². The summed E-state index contributed by atoms with van der Waals surface area (Å²) in [4.78, 5) is 12.9. The van der Waals surface area contributed by atoms with Crippen LogP contribution in [-0.4, -0.2) is 30.4 Å². The van der Waals surface area contributed by atoms with Gasteiger partial charge in [0.1, 0.15) is 17.5 Å². The van der Waals surface area contributed by atoms with Gasteiger partial charge in [0.2, 0.25) is 11.8 Å². The lowest BCUT2D eigenvalue weighted by Gasteiger charge is -2.17. The Morgan fingerprint density at radius 1 is 0.906 bits per heavy atom. The monoisotopic (exact) mass is 430 g/mol. The summed E-state index contributed by atoms with van der Waals surface area (Å²) in [7, 11) is 3.08. The van der Waals surface area contributed by atoms with Crippen LogP contribution in [0.5, 0.6) is 11.5 Å². The molecule has 3 aromatic carbocycles. The van der Waals surface area contributed by atoms with Crippen LogP contribution in [0, 0.1) is 0 Å². The van der Waals surface area contributed by atoms with Gasteiger partial charge in [-0.3, -0.25) is 0 Å². The summed E-state index contributed by atoms with van der Waals surface area (Å²) in [6, 6.07) is 22.9. The second-order valence-corrected chi connectivity index (χ2v) is 6.82. The summed E-state index contributed by atoms with van der Waals surface area (Å²) in [5, 5.41) is 14.0. The van der Waals surface area contributed by atoms with E-state index >= 15 is 0 Å². The fraction of sp³-hybridized carbons (Fsp3) is 0.125. The predicted octanol–water partition coefficient (Wildman–Crippen LogP) is 4.66. The number of nitrogens with one attached hydrogen (secondary N) is 2. The molecule has 0 saturated carbocycles. The van der Waals surface area contributed by atoms with Gasteiger partial charge in [0.15, 0.2) is 0 Å². The van der Waals surface area contributed by atoms with E-state index in [0.717, 1.165) is 11.1 Å². The van der Waals surface area contributed by atoms with E-state index in [-0.39, 0.29) is 5.89 Å². The summed E-state index contributed by atoms with van der Waals surface area (Å²) in [6.07, 6.45) is 0. The first-order valence-electron chi connectivity index (χ1n) is 9.91. The van der Waals surface area contributed by atoms with Crippen molar-refractivity contribution < 1.29 is 18.7 Å². The Morgan fingerprint density at radius 3 is 2.31 bits per heavy atom. The van der Waals surface area contributed by atoms with E-state index in [0.29, 0.717) is 23.1 Å². The van der Waals surface area contributed by atoms with Crippen molar-refractivity contribution in [1.29, 1.82) is 0 Å². The Morgan fingerprint density at radius 2 is 1.62 bits per heavy atom. The lowest BCUT2D eigenvalue weighted by Crippen LogP contribution is -2.33. The number of aromatic nitrogens is 2. The van der Waals surface area contributed by atoms with E-state index in [1.54, 1.807) is 25.3 Å². The molecule has 0 aliphatic heterocycles. The zero-order valence-electron chi connectivity index (χ0n) is 17.6. The van der Waals surface area contributed by atoms with Gasteiger partial charge in [-0.2, -0.15) is 0 Å². The SMILES string of the molecule is COc1ccc(OC)c(NC(=O)N[C@H](c2ccccc2)c2nnc(-c3ccccc3)o2)c1. The van der Waals surface area contributed by atoms with Crippen molar-refractivity contribution >= 4 is 11.7 Å². The molecule has 0 unspecified atom stereocenters. The van der Waals surface area contributed by atoms with E-state index in [2.05, 4.69) is 20.8 Å². The molecule has 0 saturated heterocycles. The summed E-state index contributed by atoms with van der Waals surface area (Å²) >= 11 is 0. The Hall–Kier alpha value is -4.33. The number of carbonyl (C=O) groups excluding carboxylic acids is 1. The second-order valence-electron chi connectivity index (χ2n) is 6.82. The van der Waals surface area contributed by atoms with Crippen LogP contribution in [0.4, 0.5) is 10.5 Å². The number of anilines is 1. The van der Waals surface area contributed by atoms with Crippen molar-refractivity contribution in [2.45, 2.75) is 6.04 Å². The number of amides is 2. The van der Waals surface area contributed by atoms with Gasteiger partial charge in [-0.25, -0.2) is 4.79 Å². The van der Waals surface area contributed by atoms with Gasteiger partial charge in [-0.15, -0.1) is 10.2 Å². The number of benzene rings is 3. The van der Waals surface area contributed by atoms with E-state index < -0.39 is 12.1 Å². The maximum Gasteiger partial charge on any atom is 0.320 e. The van der Waals surface area contributed by atoms with Crippen LogP contribution in [0.15, 0.2) is 83.3 Å². The molecule has 0 aliphatic carbocycles. The molecule has 1 aromatic heterocycles. The minimum absolute atomic E-state index is 0.266. The minimum Gasteiger partial charge on any atom is -0.497 e. The van der Waals surface area contributed by atoms with Gasteiger partial charge in [0.05, 0.1) is 19.9 Å². The zero-order valence-corrected chi connectivity index (χ0v) is 17.6. The highest BCUT2D eigenvalue weighted by atomic mass is 16.5. The van der Waals surface area contributed by atoms with Gasteiger partial charge in [-0.1, -0.05) is 48.5 Å². The molecular formula is C24H22N4O4. The molecule has 0 spiro atoms. The van der Waals surface area contributed by atoms with Crippen molar-refractivity contribution in [2.75, 3.05) is 19.5 Å². The van der Waals surface area contributed by atoms with Crippen LogP contribution >= 0.6 is 0 Å². The lowest BCUT2D eigenvalue weighted by molar-refractivity contribution is 0.248. The maximum atomic E-state index is 12.9. The minimum atomic E-state index is -0.655. The molecule has 0 radical (unpaired) electrons. The molecule has 162 valence electrons. The number of rotatable bonds is 7. The predicted molar refractivity (Wildman–Crippen MR) is 120 cm³/mol. The van der Waals surface area contributed by atoms with E-state index in [1.165, 1.54) is 7.11 Å². The maximum absolute atomic E-state index is 12.9. The van der Waals surface area contributed by atoms with Crippen LogP contribution in [0.1, 0.15) is 17.5 Å². The number of methoxy groups -OCH3 is 2. The molecule has 2 N–H and O–H groups in total. The number of carbonyl (C=O) groups is 1. The second kappa shape index (κ2) is 9.65. The molecule has 8 heteroatoms. The smallest absolute Gasteiger partial charge is 0.320 e. The number of nitrogens with zero attached hydrogens (tertiary/aromatic N) is 2. The number of urea groups is 1. The van der Waals surface area contributed by atoms with Crippen LogP contribution < -0.4 is 20.1 Å². The Balaban J connectivity index is 1.60. The number of ether oxygens (including phenoxy) is 2. The van der Waals surface area contributed by atoms with Gasteiger partial charge in [0, 0.05) is 11.6 Å². The van der Waals surface area contributed by atoms with Crippen molar-refractivity contribution in [3.8, 4) is 23.0 Å². The first kappa shape index (κ1) is 20.9. The third-order valence-electron chi connectivity index (χ3n) is 4.77. The molecule has 0 bridgehead atoms. The summed E-state index contributed by atoms with van der Waals surface area (Å²) in [5.74, 6) is 1.73. The topological polar surface area (TPSA) is 98.5 Å². The van der Waals surface area contributed by atoms with Crippen molar-refractivity contribution in [1.82, 2.24) is 15.5 Å². The molecule has 1 atom stereocenters. The summed E-state index contributed by atoms with van der Waals surface area (Å²) < 4.78 is 16.5. The largest absolute Gasteiger partial charge is 0.497 e. The van der Waals surface area contributed by atoms with Crippen molar-refractivity contribution in [2.24, 2.45) is 0 Å². The first-order valence-corrected chi connectivity index (χ1v) is 9.91. The molecular weight excluding hydrogens is 408 g/mol. The number of hydrogen-bond acceptors (Lipinski definition) is 6. The van der Waals surface area contributed by atoms with Crippen molar-refractivity contribution in [3.05, 3.63) is 90.3 Å². The zero-order chi connectivity index (χ0) is 22.3. The van der Waals surface area contributed by atoms with Crippen LogP contribution in [0.3, 0.4) is 0 Å². The summed E-state index contributed by atoms with van der Waals surface area (Å²) in [6.45, 7) is 0.